The summed E-state index contributed by atoms with van der Waals surface area (Å²) >= 11 is 0. The Bertz CT molecular complexity index is 771. The maximum Gasteiger partial charge on any atom is 0 e. The minimum Gasteiger partial charge on any atom is 0 e. The summed E-state index contributed by atoms with van der Waals surface area (Å²) in [5.41, 5.74) is 1.90. The molecule has 35 heavy (non-hydrogen) atoms. The quantitative estimate of drug-likeness (QED) is 0.113. The Labute approximate surface area is 230 Å². The van der Waals surface area contributed by atoms with E-state index >= 15 is 0 Å². The second kappa shape index (κ2) is 45.4. The van der Waals surface area contributed by atoms with E-state index in [-0.39, 0.29) is 39.3 Å². The van der Waals surface area contributed by atoms with Crippen molar-refractivity contribution in [2.45, 2.75) is 52.2 Å². The van der Waals surface area contributed by atoms with Gasteiger partial charge in [0, 0.05) is 45.5 Å². The van der Waals surface area contributed by atoms with E-state index in [4.69, 9.17) is 27.9 Å². The van der Waals surface area contributed by atoms with E-state index in [0.717, 1.165) is 30.4 Å². The zero-order valence-corrected chi connectivity index (χ0v) is 23.0. The van der Waals surface area contributed by atoms with Crippen LogP contribution in [0.25, 0.3) is 5.20 Å². The number of rotatable bonds is 6. The van der Waals surface area contributed by atoms with Gasteiger partial charge in [-0.1, -0.05) is 74.9 Å². The molecule has 0 aliphatic heterocycles. The van der Waals surface area contributed by atoms with E-state index in [1.807, 2.05) is 24.3 Å². The molecule has 7 nitrogen and oxygen atoms in total. The second-order valence-corrected chi connectivity index (χ2v) is 11.5. The molecule has 1 rings (SSSR count). The van der Waals surface area contributed by atoms with E-state index < -0.39 is 8.07 Å². The van der Waals surface area contributed by atoms with Crippen molar-refractivity contribution >= 4 is 19.1 Å². The van der Waals surface area contributed by atoms with Crippen LogP contribution in [-0.2, 0) is 61.5 Å². The smallest absolute Gasteiger partial charge is 0 e. The molecule has 190 valence electrons. The van der Waals surface area contributed by atoms with Gasteiger partial charge in [-0.15, -0.1) is 5.92 Å². The summed E-state index contributed by atoms with van der Waals surface area (Å²) in [6, 6.07) is 7.82. The van der Waals surface area contributed by atoms with Gasteiger partial charge in [-0.05, 0) is 12.0 Å². The Morgan fingerprint density at radius 1 is 0.771 bits per heavy atom. The van der Waals surface area contributed by atoms with Crippen LogP contribution in [0.4, 0.5) is 0 Å². The van der Waals surface area contributed by atoms with Crippen LogP contribution in [0.3, 0.4) is 0 Å². The molecule has 0 fully saturated rings. The van der Waals surface area contributed by atoms with Gasteiger partial charge in [0.25, 0.3) is 0 Å². The number of Topliss-reactive ketones (excluding diaryl/α,β-unsaturated/α-hetero) is 1. The minimum absolute atomic E-state index is 0. The Balaban J connectivity index is -0.0000000757. The molecular weight excluding hydrogens is 558 g/mol. The van der Waals surface area contributed by atoms with Crippen LogP contribution in [0, 0.1) is 51.7 Å². The number of carbonyl (C=O) groups excluding carboxylic acids is 1. The molecule has 0 aliphatic carbocycles. The molecular formula is C25H26Co2O7Si. The van der Waals surface area contributed by atoms with Gasteiger partial charge in [0.2, 0.25) is 0 Å². The topological polar surface area (TPSA) is 136 Å². The van der Waals surface area contributed by atoms with Crippen LogP contribution in [0.2, 0.25) is 19.6 Å². The Kier molecular flexibility index (Phi) is 70.0. The first kappa shape index (κ1) is 54.0. The number of carbonyl (C=O) groups is 1. The summed E-state index contributed by atoms with van der Waals surface area (Å²) in [7, 11) is -1.38. The molecule has 1 aromatic rings. The van der Waals surface area contributed by atoms with E-state index in [1.54, 1.807) is 0 Å². The predicted octanol–water partition coefficient (Wildman–Crippen LogP) is 5.11. The molecule has 10 heteroatoms. The molecule has 0 saturated heterocycles. The normalized spacial score (nSPS) is 6.74. The molecule has 0 N–H and O–H groups in total. The fraction of sp³-hybridized carbons (Fsp3) is 0.320. The monoisotopic (exact) mass is 584 g/mol. The zero-order chi connectivity index (χ0) is 27.9. The molecule has 0 aliphatic rings. The summed E-state index contributed by atoms with van der Waals surface area (Å²) in [4.78, 5) is 12.0. The van der Waals surface area contributed by atoms with Crippen molar-refractivity contribution in [1.82, 2.24) is 0 Å². The summed E-state index contributed by atoms with van der Waals surface area (Å²) in [5, 5.41) is 1.22. The van der Waals surface area contributed by atoms with Crippen LogP contribution in [0.1, 0.15) is 48.5 Å². The van der Waals surface area contributed by atoms with E-state index in [1.165, 1.54) is 5.20 Å². The first-order chi connectivity index (χ1) is 15.9. The summed E-state index contributed by atoms with van der Waals surface area (Å²) in [5.74, 6) is 6.13. The Hall–Kier alpha value is -2.14. The predicted molar refractivity (Wildman–Crippen MR) is 119 cm³/mol. The van der Waals surface area contributed by atoms with Gasteiger partial charge < -0.3 is 0 Å². The molecule has 0 unspecified atom stereocenters. The van der Waals surface area contributed by atoms with E-state index in [2.05, 4.69) is 84.9 Å². The third-order valence-corrected chi connectivity index (χ3v) is 5.59. The fourth-order valence-corrected chi connectivity index (χ4v) is 2.92. The number of hydrogen-bond donors (Lipinski definition) is 0. The molecule has 0 aromatic heterocycles. The van der Waals surface area contributed by atoms with Crippen LogP contribution in [0.15, 0.2) is 30.8 Å². The summed E-state index contributed by atoms with van der Waals surface area (Å²) in [6.07, 6.45) is 3.45. The molecule has 0 bridgehead atoms. The average Bonchev–Trinajstić information content (AvgIpc) is 2.90. The van der Waals surface area contributed by atoms with Gasteiger partial charge >= 0.3 is 67.8 Å². The molecule has 2 radical (unpaired) electrons. The fourth-order valence-electron chi connectivity index (χ4n) is 1.89. The number of benzene rings is 1. The third-order valence-electron chi connectivity index (χ3n) is 3.49. The van der Waals surface area contributed by atoms with Gasteiger partial charge in [0.15, 0.2) is 5.78 Å². The summed E-state index contributed by atoms with van der Waals surface area (Å²) in [6.45, 7) is 40.2. The standard InChI is InChI=1S/C19H26OSi.6CO.2Co/c1-6-7-8-9-10-11-19(20)18-14-12-17(13-15-18)16(2)21(3,4)5;6*1-2;;/h12-15H,2,6-8,11H2,1,3-5H3;;;;;;;;. The molecule has 0 spiro atoms. The first-order valence-corrected chi connectivity index (χ1v) is 12.4. The maximum absolute atomic E-state index is 12.0. The van der Waals surface area contributed by atoms with Gasteiger partial charge in [0.05, 0.1) is 14.5 Å². The van der Waals surface area contributed by atoms with E-state index in [0.29, 0.717) is 6.42 Å². The van der Waals surface area contributed by atoms with Gasteiger partial charge in [-0.3, -0.25) is 4.79 Å². The van der Waals surface area contributed by atoms with Gasteiger partial charge in [-0.2, -0.15) is 0 Å². The molecule has 1 aromatic carbocycles. The van der Waals surface area contributed by atoms with Crippen molar-refractivity contribution in [3.63, 3.8) is 0 Å². The van der Waals surface area contributed by atoms with Crippen molar-refractivity contribution < 1.29 is 66.3 Å². The van der Waals surface area contributed by atoms with Crippen molar-refractivity contribution in [2.24, 2.45) is 0 Å². The number of ketones is 1. The molecule has 0 heterocycles. The van der Waals surface area contributed by atoms with Crippen molar-refractivity contribution in [2.75, 3.05) is 0 Å². The maximum atomic E-state index is 12.0. The molecule has 0 saturated carbocycles. The van der Waals surface area contributed by atoms with Crippen molar-refractivity contribution in [1.29, 1.82) is 0 Å². The van der Waals surface area contributed by atoms with Gasteiger partial charge in [-0.25, -0.2) is 0 Å². The average molecular weight is 584 g/mol. The SMILES string of the molecule is C=C(c1ccc(C(=O)CC#CCCCC)cc1)[Si](C)(C)C.[C-]#[O+].[C-]#[O+].[C-]#[O+].[C-]#[O+].[C-]#[O+].[C-]#[O+].[Co].[Co]. The van der Waals surface area contributed by atoms with Crippen molar-refractivity contribution in [3.05, 3.63) is 81.9 Å². The number of hydrogen-bond acceptors (Lipinski definition) is 1. The summed E-state index contributed by atoms with van der Waals surface area (Å²) < 4.78 is 45.0. The van der Waals surface area contributed by atoms with Crippen molar-refractivity contribution in [3.8, 4) is 11.8 Å². The van der Waals surface area contributed by atoms with Gasteiger partial charge in [0.1, 0.15) is 0 Å². The molecule has 0 amide bonds. The first-order valence-electron chi connectivity index (χ1n) is 8.87. The largest absolute Gasteiger partial charge is 0 e. The number of unbranched alkanes of at least 4 members (excludes halogenated alkanes) is 2. The minimum atomic E-state index is -1.38. The Morgan fingerprint density at radius 2 is 1.11 bits per heavy atom. The van der Waals surface area contributed by atoms with Crippen LogP contribution in [0.5, 0.6) is 0 Å². The second-order valence-electron chi connectivity index (χ2n) is 6.36. The van der Waals surface area contributed by atoms with E-state index in [9.17, 15) is 4.79 Å². The van der Waals surface area contributed by atoms with Crippen LogP contribution >= 0.6 is 0 Å². The Morgan fingerprint density at radius 3 is 1.43 bits per heavy atom. The molecule has 0 atom stereocenters. The zero-order valence-electron chi connectivity index (χ0n) is 19.9. The van der Waals surface area contributed by atoms with Crippen LogP contribution < -0.4 is 0 Å². The van der Waals surface area contributed by atoms with Crippen LogP contribution in [-0.4, -0.2) is 13.9 Å². The third kappa shape index (κ3) is 34.1.